The maximum absolute atomic E-state index is 13.1. The predicted molar refractivity (Wildman–Crippen MR) is 116 cm³/mol. The number of rotatable bonds is 5. The fraction of sp³-hybridized carbons (Fsp3) is 0.708. The van der Waals surface area contributed by atoms with Crippen LogP contribution in [0.3, 0.4) is 0 Å². The summed E-state index contributed by atoms with van der Waals surface area (Å²) in [6, 6.07) is 5.79. The molecule has 4 bridgehead atoms. The second-order valence-corrected chi connectivity index (χ2v) is 10.3. The van der Waals surface area contributed by atoms with Gasteiger partial charge >= 0.3 is 5.97 Å². The number of ether oxygens (including phenoxy) is 1. The van der Waals surface area contributed by atoms with Crippen molar-refractivity contribution in [3.63, 3.8) is 0 Å². The molecule has 4 aliphatic carbocycles. The van der Waals surface area contributed by atoms with Crippen LogP contribution in [0.4, 0.5) is 5.82 Å². The molecule has 0 radical (unpaired) electrons. The number of pyridine rings is 1. The molecule has 1 aromatic heterocycles. The number of methoxy groups -OCH3 is 1. The van der Waals surface area contributed by atoms with E-state index in [4.69, 9.17) is 4.74 Å². The van der Waals surface area contributed by atoms with Crippen LogP contribution in [0.15, 0.2) is 18.2 Å². The van der Waals surface area contributed by atoms with Gasteiger partial charge in [-0.3, -0.25) is 9.59 Å². The maximum atomic E-state index is 13.1. The molecule has 1 aromatic rings. The van der Waals surface area contributed by atoms with Crippen molar-refractivity contribution in [2.24, 2.45) is 23.7 Å². The number of amides is 1. The highest BCUT2D eigenvalue weighted by Gasteiger charge is 2.55. The number of anilines is 1. The van der Waals surface area contributed by atoms with E-state index in [1.54, 1.807) is 6.07 Å². The number of hydrogen-bond acceptors (Lipinski definition) is 6. The number of carbonyl (C=O) groups excluding carboxylic acids is 2. The third-order valence-corrected chi connectivity index (χ3v) is 8.13. The minimum atomic E-state index is -0.490. The average Bonchev–Trinajstić information content (AvgIpc) is 2.75. The largest absolute Gasteiger partial charge is 0.469 e. The molecular weight excluding hydrogens is 394 g/mol. The Kier molecular flexibility index (Phi) is 5.40. The maximum Gasteiger partial charge on any atom is 0.305 e. The summed E-state index contributed by atoms with van der Waals surface area (Å²) in [4.78, 5) is 31.4. The number of hydrogen-bond donors (Lipinski definition) is 2. The molecule has 7 heteroatoms. The first-order chi connectivity index (χ1) is 14.9. The van der Waals surface area contributed by atoms with Gasteiger partial charge in [0.2, 0.25) is 0 Å². The molecule has 2 unspecified atom stereocenters. The molecule has 0 aromatic carbocycles. The van der Waals surface area contributed by atoms with Crippen LogP contribution in [0.5, 0.6) is 0 Å². The third-order valence-electron chi connectivity index (χ3n) is 8.13. The van der Waals surface area contributed by atoms with Gasteiger partial charge in [0.05, 0.1) is 12.7 Å². The summed E-state index contributed by atoms with van der Waals surface area (Å²) in [6.45, 7) is 1.65. The van der Waals surface area contributed by atoms with Gasteiger partial charge in [-0.15, -0.1) is 0 Å². The summed E-state index contributed by atoms with van der Waals surface area (Å²) >= 11 is 0. The minimum absolute atomic E-state index is 0.105. The summed E-state index contributed by atoms with van der Waals surface area (Å²) in [5.74, 6) is 2.32. The molecule has 1 aliphatic heterocycles. The molecule has 0 spiro atoms. The van der Waals surface area contributed by atoms with E-state index in [0.717, 1.165) is 63.9 Å². The van der Waals surface area contributed by atoms with E-state index >= 15 is 0 Å². The Morgan fingerprint density at radius 1 is 1.19 bits per heavy atom. The lowest BCUT2D eigenvalue weighted by Crippen LogP contribution is -2.61. The van der Waals surface area contributed by atoms with Crippen LogP contribution in [-0.2, 0) is 9.53 Å². The van der Waals surface area contributed by atoms with Crippen LogP contribution in [0.2, 0.25) is 0 Å². The van der Waals surface area contributed by atoms with Gasteiger partial charge in [0, 0.05) is 25.6 Å². The number of nitrogens with zero attached hydrogens (tertiary/aromatic N) is 2. The molecule has 2 atom stereocenters. The zero-order chi connectivity index (χ0) is 21.6. The van der Waals surface area contributed by atoms with Crippen molar-refractivity contribution in [2.45, 2.75) is 63.0 Å². The second kappa shape index (κ2) is 8.08. The van der Waals surface area contributed by atoms with Gasteiger partial charge in [-0.2, -0.15) is 0 Å². The van der Waals surface area contributed by atoms with Crippen molar-refractivity contribution in [1.82, 2.24) is 10.3 Å². The summed E-state index contributed by atoms with van der Waals surface area (Å²) in [6.07, 6.45) is 7.14. The number of piperidine rings is 1. The van der Waals surface area contributed by atoms with E-state index in [9.17, 15) is 14.7 Å². The van der Waals surface area contributed by atoms with Crippen molar-refractivity contribution in [3.8, 4) is 0 Å². The van der Waals surface area contributed by atoms with Crippen LogP contribution >= 0.6 is 0 Å². The van der Waals surface area contributed by atoms with Crippen molar-refractivity contribution < 1.29 is 19.4 Å². The lowest BCUT2D eigenvalue weighted by atomic mass is 9.52. The molecule has 168 valence electrons. The first-order valence-electron chi connectivity index (χ1n) is 11.7. The van der Waals surface area contributed by atoms with Crippen LogP contribution < -0.4 is 10.2 Å². The molecule has 7 nitrogen and oxygen atoms in total. The van der Waals surface area contributed by atoms with Crippen molar-refractivity contribution in [3.05, 3.63) is 23.9 Å². The Morgan fingerprint density at radius 2 is 1.90 bits per heavy atom. The van der Waals surface area contributed by atoms with E-state index in [1.807, 2.05) is 12.1 Å². The highest BCUT2D eigenvalue weighted by Crippen LogP contribution is 2.55. The Balaban J connectivity index is 1.21. The molecule has 2 N–H and O–H groups in total. The second-order valence-electron chi connectivity index (χ2n) is 10.3. The van der Waals surface area contributed by atoms with Gasteiger partial charge in [-0.25, -0.2) is 4.98 Å². The highest BCUT2D eigenvalue weighted by atomic mass is 16.5. The number of aliphatic hydroxyl groups is 1. The summed E-state index contributed by atoms with van der Waals surface area (Å²) in [5.41, 5.74) is -0.0303. The highest BCUT2D eigenvalue weighted by molar-refractivity contribution is 5.93. The minimum Gasteiger partial charge on any atom is -0.469 e. The van der Waals surface area contributed by atoms with Gasteiger partial charge in [-0.05, 0) is 80.8 Å². The smallest absolute Gasteiger partial charge is 0.305 e. The zero-order valence-corrected chi connectivity index (χ0v) is 18.3. The van der Waals surface area contributed by atoms with Crippen LogP contribution in [0.1, 0.15) is 61.9 Å². The topological polar surface area (TPSA) is 91.8 Å². The van der Waals surface area contributed by atoms with Crippen molar-refractivity contribution >= 4 is 17.7 Å². The van der Waals surface area contributed by atoms with Gasteiger partial charge in [0.1, 0.15) is 11.5 Å². The Morgan fingerprint density at radius 3 is 2.55 bits per heavy atom. The number of nitrogens with one attached hydrogen (secondary N) is 1. The van der Waals surface area contributed by atoms with Crippen LogP contribution in [0, 0.1) is 23.7 Å². The molecule has 5 aliphatic rings. The van der Waals surface area contributed by atoms with E-state index < -0.39 is 5.60 Å². The summed E-state index contributed by atoms with van der Waals surface area (Å²) in [7, 11) is 1.43. The standard InChI is InChI=1S/C24H33N3O4/c1-31-21(28)11-15-5-7-27(8-6-15)20-4-2-3-19(25-20)23(29)26-22-17-9-16-10-18(22)14-24(30,12-16)13-17/h2-4,15-18,22,30H,5-14H2,1H3,(H,26,29). The van der Waals surface area contributed by atoms with E-state index in [0.29, 0.717) is 35.8 Å². The van der Waals surface area contributed by atoms with E-state index in [2.05, 4.69) is 15.2 Å². The lowest BCUT2D eigenvalue weighted by molar-refractivity contribution is -0.141. The summed E-state index contributed by atoms with van der Waals surface area (Å²) in [5, 5.41) is 14.1. The Hall–Kier alpha value is -2.15. The van der Waals surface area contributed by atoms with Crippen LogP contribution in [0.25, 0.3) is 0 Å². The SMILES string of the molecule is COC(=O)CC1CCN(c2cccc(C(=O)NC3C4CC5CC3CC(O)(C5)C4)n2)CC1. The molecule has 1 amide bonds. The molecular formula is C24H33N3O4. The third kappa shape index (κ3) is 4.16. The first-order valence-corrected chi connectivity index (χ1v) is 11.7. The molecule has 4 saturated carbocycles. The van der Waals surface area contributed by atoms with Gasteiger partial charge in [0.25, 0.3) is 5.91 Å². The Bertz CT molecular complexity index is 835. The van der Waals surface area contributed by atoms with Crippen molar-refractivity contribution in [1.29, 1.82) is 0 Å². The lowest BCUT2D eigenvalue weighted by Gasteiger charge is -2.58. The van der Waals surface area contributed by atoms with Gasteiger partial charge in [0.15, 0.2) is 0 Å². The normalized spacial score (nSPS) is 34.6. The summed E-state index contributed by atoms with van der Waals surface area (Å²) < 4.78 is 4.79. The molecule has 5 fully saturated rings. The number of aromatic nitrogens is 1. The molecule has 31 heavy (non-hydrogen) atoms. The Labute approximate surface area is 183 Å². The first kappa shape index (κ1) is 20.7. The van der Waals surface area contributed by atoms with Gasteiger partial charge in [-0.1, -0.05) is 6.07 Å². The molecule has 6 rings (SSSR count). The zero-order valence-electron chi connectivity index (χ0n) is 18.3. The average molecular weight is 428 g/mol. The van der Waals surface area contributed by atoms with Crippen LogP contribution in [-0.4, -0.2) is 53.8 Å². The predicted octanol–water partition coefficient (Wildman–Crippen LogP) is 2.53. The van der Waals surface area contributed by atoms with Crippen molar-refractivity contribution in [2.75, 3.05) is 25.1 Å². The van der Waals surface area contributed by atoms with Gasteiger partial charge < -0.3 is 20.1 Å². The number of carbonyl (C=O) groups is 2. The molecule has 1 saturated heterocycles. The molecule has 2 heterocycles. The van der Waals surface area contributed by atoms with E-state index in [-0.39, 0.29) is 17.9 Å². The monoisotopic (exact) mass is 427 g/mol. The number of esters is 1. The quantitative estimate of drug-likeness (QED) is 0.702. The fourth-order valence-electron chi connectivity index (χ4n) is 6.85. The van der Waals surface area contributed by atoms with E-state index in [1.165, 1.54) is 7.11 Å². The fourth-order valence-corrected chi connectivity index (χ4v) is 6.85.